The molecule has 1 aromatic heterocycles. The number of hydrogen-bond donors (Lipinski definition) is 4. The predicted molar refractivity (Wildman–Crippen MR) is 168 cm³/mol. The summed E-state index contributed by atoms with van der Waals surface area (Å²) in [5.41, 5.74) is 2.78. The van der Waals surface area contributed by atoms with Crippen molar-refractivity contribution in [2.24, 2.45) is 0 Å². The summed E-state index contributed by atoms with van der Waals surface area (Å²) >= 11 is 6.09. The summed E-state index contributed by atoms with van der Waals surface area (Å²) in [5, 5.41) is 23.9. The fourth-order valence-electron chi connectivity index (χ4n) is 3.79. The molecule has 1 heterocycles. The fourth-order valence-corrected chi connectivity index (χ4v) is 3.96. The van der Waals surface area contributed by atoms with Gasteiger partial charge in [-0.1, -0.05) is 54.1 Å². The van der Waals surface area contributed by atoms with Gasteiger partial charge in [0, 0.05) is 34.5 Å². The number of aryl methyl sites for hydroxylation is 1. The van der Waals surface area contributed by atoms with Crippen molar-refractivity contribution in [1.82, 2.24) is 9.97 Å². The van der Waals surface area contributed by atoms with Gasteiger partial charge in [0.15, 0.2) is 0 Å². The first-order valence-corrected chi connectivity index (χ1v) is 13.6. The molecule has 4 rings (SSSR count). The summed E-state index contributed by atoms with van der Waals surface area (Å²) in [6.45, 7) is 0.982. The fraction of sp³-hybridized carbons (Fsp3) is 0.161. The lowest BCUT2D eigenvalue weighted by molar-refractivity contribution is -0.136. The van der Waals surface area contributed by atoms with Crippen molar-refractivity contribution in [2.45, 2.75) is 6.92 Å². The Bertz CT molecular complexity index is 1540. The van der Waals surface area contributed by atoms with Crippen LogP contribution in [-0.4, -0.2) is 70.1 Å². The van der Waals surface area contributed by atoms with Gasteiger partial charge in [0.05, 0.1) is 6.54 Å². The molecule has 0 aliphatic rings. The number of amides is 2. The van der Waals surface area contributed by atoms with Gasteiger partial charge >= 0.3 is 11.9 Å². The minimum Gasteiger partial charge on any atom is -0.480 e. The second-order valence-corrected chi connectivity index (χ2v) is 9.72. The average Bonchev–Trinajstić information content (AvgIpc) is 2.99. The topological polar surface area (TPSA) is 165 Å². The Morgan fingerprint density at radius 2 is 1.16 bits per heavy atom. The van der Waals surface area contributed by atoms with Crippen molar-refractivity contribution in [1.29, 1.82) is 0 Å². The zero-order valence-electron chi connectivity index (χ0n) is 23.8. The van der Waals surface area contributed by atoms with Crippen LogP contribution in [0.2, 0.25) is 5.02 Å². The summed E-state index contributed by atoms with van der Waals surface area (Å²) in [7, 11) is 0. The van der Waals surface area contributed by atoms with Crippen LogP contribution in [0.15, 0.2) is 97.3 Å². The minimum atomic E-state index is -1.06. The van der Waals surface area contributed by atoms with Crippen molar-refractivity contribution in [2.75, 3.05) is 46.6 Å². The highest BCUT2D eigenvalue weighted by Crippen LogP contribution is 2.23. The lowest BCUT2D eigenvalue weighted by Gasteiger charge is -2.23. The summed E-state index contributed by atoms with van der Waals surface area (Å²) in [6, 6.07) is 24.8. The summed E-state index contributed by atoms with van der Waals surface area (Å²) in [6.07, 6.45) is 2.98. The van der Waals surface area contributed by atoms with E-state index in [9.17, 15) is 19.2 Å². The molecule has 13 heteroatoms. The Hall–Kier alpha value is -5.49. The highest BCUT2D eigenvalue weighted by Gasteiger charge is 2.17. The maximum Gasteiger partial charge on any atom is 0.323 e. The number of benzene rings is 3. The normalized spacial score (nSPS) is 10.0. The molecular weight excluding hydrogens is 588 g/mol. The summed E-state index contributed by atoms with van der Waals surface area (Å²) in [5.74, 6) is -2.52. The van der Waals surface area contributed by atoms with Crippen LogP contribution in [0.25, 0.3) is 0 Å². The Kier molecular flexibility index (Phi) is 12.6. The molecule has 0 atom stereocenters. The van der Waals surface area contributed by atoms with E-state index < -0.39 is 11.9 Å². The first kappa shape index (κ1) is 33.0. The van der Waals surface area contributed by atoms with E-state index in [0.717, 1.165) is 5.56 Å². The van der Waals surface area contributed by atoms with E-state index in [1.807, 2.05) is 31.2 Å². The SMILES string of the molecule is Cc1ccc(N(CC(=O)O)CC(=O)Nc2ccccc2)cc1Cl.O=C(O)CN(CC(=O)Nc1ccccc1)c1ncccn1. The molecule has 3 aromatic carbocycles. The molecule has 2 amide bonds. The van der Waals surface area contributed by atoms with Gasteiger partial charge in [-0.05, 0) is 55.0 Å². The second-order valence-electron chi connectivity index (χ2n) is 9.31. The van der Waals surface area contributed by atoms with Gasteiger partial charge < -0.3 is 30.6 Å². The van der Waals surface area contributed by atoms with Gasteiger partial charge in [-0.3, -0.25) is 19.2 Å². The molecule has 0 saturated heterocycles. The average molecular weight is 619 g/mol. The van der Waals surface area contributed by atoms with E-state index in [1.54, 1.807) is 60.7 Å². The van der Waals surface area contributed by atoms with Crippen LogP contribution in [0.4, 0.5) is 23.0 Å². The monoisotopic (exact) mass is 618 g/mol. The molecule has 228 valence electrons. The number of aliphatic carboxylic acids is 2. The van der Waals surface area contributed by atoms with Crippen molar-refractivity contribution in [3.05, 3.63) is 108 Å². The number of aromatic nitrogens is 2. The van der Waals surface area contributed by atoms with Gasteiger partial charge in [-0.25, -0.2) is 9.97 Å². The van der Waals surface area contributed by atoms with Crippen LogP contribution >= 0.6 is 11.6 Å². The van der Waals surface area contributed by atoms with Crippen molar-refractivity contribution in [3.63, 3.8) is 0 Å². The Morgan fingerprint density at radius 1 is 0.682 bits per heavy atom. The number of nitrogens with one attached hydrogen (secondary N) is 2. The number of nitrogens with zero attached hydrogens (tertiary/aromatic N) is 4. The van der Waals surface area contributed by atoms with Crippen LogP contribution in [0.3, 0.4) is 0 Å². The molecule has 0 saturated carbocycles. The van der Waals surface area contributed by atoms with Crippen LogP contribution in [0.5, 0.6) is 0 Å². The molecule has 0 aliphatic heterocycles. The van der Waals surface area contributed by atoms with Crippen molar-refractivity contribution >= 4 is 58.4 Å². The smallest absolute Gasteiger partial charge is 0.323 e. The molecule has 0 unspecified atom stereocenters. The zero-order chi connectivity index (χ0) is 31.9. The van der Waals surface area contributed by atoms with Gasteiger partial charge in [-0.2, -0.15) is 0 Å². The minimum absolute atomic E-state index is 0.0828. The number of halogens is 1. The largest absolute Gasteiger partial charge is 0.480 e. The van der Waals surface area contributed by atoms with E-state index in [2.05, 4.69) is 20.6 Å². The maximum atomic E-state index is 12.2. The molecule has 44 heavy (non-hydrogen) atoms. The molecule has 12 nitrogen and oxygen atoms in total. The number of para-hydroxylation sites is 2. The van der Waals surface area contributed by atoms with E-state index in [-0.39, 0.29) is 43.9 Å². The third-order valence-electron chi connectivity index (χ3n) is 5.79. The third-order valence-corrected chi connectivity index (χ3v) is 6.20. The second kappa shape index (κ2) is 16.8. The van der Waals surface area contributed by atoms with Crippen LogP contribution in [-0.2, 0) is 19.2 Å². The molecule has 0 fully saturated rings. The molecule has 0 aliphatic carbocycles. The molecular formula is C31H31ClN6O6. The van der Waals surface area contributed by atoms with Gasteiger partial charge in [-0.15, -0.1) is 0 Å². The zero-order valence-corrected chi connectivity index (χ0v) is 24.5. The van der Waals surface area contributed by atoms with E-state index in [0.29, 0.717) is 22.1 Å². The number of carbonyl (C=O) groups excluding carboxylic acids is 2. The Balaban J connectivity index is 0.000000241. The highest BCUT2D eigenvalue weighted by molar-refractivity contribution is 6.31. The van der Waals surface area contributed by atoms with Gasteiger partial charge in [0.1, 0.15) is 19.6 Å². The van der Waals surface area contributed by atoms with Crippen molar-refractivity contribution < 1.29 is 29.4 Å². The number of anilines is 4. The van der Waals surface area contributed by atoms with E-state index in [1.165, 1.54) is 22.2 Å². The highest BCUT2D eigenvalue weighted by atomic mass is 35.5. The number of carboxylic acids is 2. The Morgan fingerprint density at radius 3 is 1.64 bits per heavy atom. The van der Waals surface area contributed by atoms with Crippen LogP contribution in [0, 0.1) is 6.92 Å². The Labute approximate surface area is 258 Å². The number of carboxylic acid groups (broad SMARTS) is 2. The molecule has 0 bridgehead atoms. The predicted octanol–water partition coefficient (Wildman–Crippen LogP) is 4.18. The third kappa shape index (κ3) is 11.4. The summed E-state index contributed by atoms with van der Waals surface area (Å²) < 4.78 is 0. The van der Waals surface area contributed by atoms with E-state index in [4.69, 9.17) is 21.8 Å². The first-order valence-electron chi connectivity index (χ1n) is 13.3. The summed E-state index contributed by atoms with van der Waals surface area (Å²) in [4.78, 5) is 56.8. The lowest BCUT2D eigenvalue weighted by atomic mass is 10.2. The quantitative estimate of drug-likeness (QED) is 0.181. The van der Waals surface area contributed by atoms with E-state index >= 15 is 0 Å². The van der Waals surface area contributed by atoms with Crippen LogP contribution < -0.4 is 20.4 Å². The number of hydrogen-bond acceptors (Lipinski definition) is 8. The number of rotatable bonds is 12. The van der Waals surface area contributed by atoms with Gasteiger partial charge in [0.2, 0.25) is 17.8 Å². The molecule has 0 radical (unpaired) electrons. The maximum absolute atomic E-state index is 12.2. The van der Waals surface area contributed by atoms with Crippen LogP contribution in [0.1, 0.15) is 5.56 Å². The lowest BCUT2D eigenvalue weighted by Crippen LogP contribution is -2.38. The molecule has 4 aromatic rings. The number of carbonyl (C=O) groups is 4. The molecule has 4 N–H and O–H groups in total. The van der Waals surface area contributed by atoms with Crippen molar-refractivity contribution in [3.8, 4) is 0 Å². The standard InChI is InChI=1S/C17H17ClN2O3.C14H14N4O3/c1-12-7-8-14(9-15(12)18)20(11-17(22)23)10-16(21)19-13-5-3-2-4-6-13;19-12(17-11-5-2-1-3-6-11)9-18(10-13(20)21)14-15-7-4-8-16-14/h2-9H,10-11H2,1H3,(H,19,21)(H,22,23);1-8H,9-10H2,(H,17,19)(H,20,21). The van der Waals surface area contributed by atoms with Gasteiger partial charge in [0.25, 0.3) is 0 Å². The first-order chi connectivity index (χ1) is 21.1. The molecule has 0 spiro atoms.